The third-order valence-corrected chi connectivity index (χ3v) is 8.19. The molecule has 2 heterocycles. The van der Waals surface area contributed by atoms with Crippen molar-refractivity contribution in [3.05, 3.63) is 59.9 Å². The topological polar surface area (TPSA) is 76.0 Å². The van der Waals surface area contributed by atoms with Crippen LogP contribution in [-0.4, -0.2) is 48.9 Å². The molecule has 2 atom stereocenters. The van der Waals surface area contributed by atoms with E-state index < -0.39 is 9.84 Å². The SMILES string of the molecule is CCOc1ccc(N2C(=NC(=O)Cc3ccc(F)cc3)SC3CS(=O)(=O)CC32)cc1. The number of benzene rings is 2. The standard InChI is InChI=1S/C21H21FN2O4S2/c1-2-28-17-9-7-16(8-10-17)24-18-12-30(26,27)13-19(18)29-21(24)23-20(25)11-14-3-5-15(22)6-4-14/h3-10,18-19H,2,11-13H2,1H3. The Morgan fingerprint density at radius 3 is 2.53 bits per heavy atom. The van der Waals surface area contributed by atoms with Crippen molar-refractivity contribution >= 4 is 38.4 Å². The highest BCUT2D eigenvalue weighted by molar-refractivity contribution is 8.16. The molecule has 30 heavy (non-hydrogen) atoms. The first kappa shape index (κ1) is 20.9. The van der Waals surface area contributed by atoms with Gasteiger partial charge in [0, 0.05) is 10.9 Å². The van der Waals surface area contributed by atoms with E-state index in [2.05, 4.69) is 4.99 Å². The van der Waals surface area contributed by atoms with E-state index in [0.29, 0.717) is 17.3 Å². The van der Waals surface area contributed by atoms with Crippen molar-refractivity contribution in [2.24, 2.45) is 4.99 Å². The number of ether oxygens (including phenoxy) is 1. The Bertz CT molecular complexity index is 1070. The summed E-state index contributed by atoms with van der Waals surface area (Å²) < 4.78 is 42.9. The van der Waals surface area contributed by atoms with Crippen molar-refractivity contribution in [3.8, 4) is 5.75 Å². The summed E-state index contributed by atoms with van der Waals surface area (Å²) in [5.74, 6) is 0.0985. The average molecular weight is 449 g/mol. The van der Waals surface area contributed by atoms with E-state index in [0.717, 1.165) is 11.4 Å². The summed E-state index contributed by atoms with van der Waals surface area (Å²) in [5.41, 5.74) is 1.44. The quantitative estimate of drug-likeness (QED) is 0.700. The molecule has 2 aliphatic rings. The van der Waals surface area contributed by atoms with Crippen LogP contribution in [0.5, 0.6) is 5.75 Å². The second kappa shape index (κ2) is 8.39. The van der Waals surface area contributed by atoms with Crippen LogP contribution in [0.1, 0.15) is 12.5 Å². The number of rotatable bonds is 5. The summed E-state index contributed by atoms with van der Waals surface area (Å²) in [4.78, 5) is 18.7. The molecular formula is C21H21FN2O4S2. The highest BCUT2D eigenvalue weighted by atomic mass is 32.2. The number of sulfone groups is 1. The van der Waals surface area contributed by atoms with Crippen molar-refractivity contribution in [1.82, 2.24) is 0 Å². The number of amides is 1. The van der Waals surface area contributed by atoms with Gasteiger partial charge in [-0.25, -0.2) is 12.8 Å². The Balaban J connectivity index is 1.61. The van der Waals surface area contributed by atoms with Gasteiger partial charge in [0.15, 0.2) is 15.0 Å². The van der Waals surface area contributed by atoms with Gasteiger partial charge in [-0.1, -0.05) is 23.9 Å². The smallest absolute Gasteiger partial charge is 0.252 e. The molecular weight excluding hydrogens is 427 g/mol. The zero-order chi connectivity index (χ0) is 21.3. The van der Waals surface area contributed by atoms with Crippen molar-refractivity contribution < 1.29 is 22.3 Å². The fourth-order valence-corrected chi connectivity index (χ4v) is 7.59. The minimum absolute atomic E-state index is 0.0308. The van der Waals surface area contributed by atoms with E-state index in [-0.39, 0.29) is 40.9 Å². The summed E-state index contributed by atoms with van der Waals surface area (Å²) in [7, 11) is -3.13. The van der Waals surface area contributed by atoms with Crippen LogP contribution in [0.15, 0.2) is 53.5 Å². The molecule has 0 saturated carbocycles. The highest BCUT2D eigenvalue weighted by Crippen LogP contribution is 2.41. The zero-order valence-electron chi connectivity index (χ0n) is 16.3. The molecule has 6 nitrogen and oxygen atoms in total. The van der Waals surface area contributed by atoms with Gasteiger partial charge in [-0.15, -0.1) is 0 Å². The van der Waals surface area contributed by atoms with E-state index in [1.165, 1.54) is 23.9 Å². The first-order valence-electron chi connectivity index (χ1n) is 9.60. The molecule has 1 amide bonds. The molecule has 2 fully saturated rings. The summed E-state index contributed by atoms with van der Waals surface area (Å²) in [5, 5.41) is 0.329. The molecule has 9 heteroatoms. The number of hydrogen-bond acceptors (Lipinski definition) is 5. The number of aliphatic imine (C=N–C) groups is 1. The van der Waals surface area contributed by atoms with Crippen molar-refractivity contribution in [3.63, 3.8) is 0 Å². The second-order valence-corrected chi connectivity index (χ2v) is 10.5. The third kappa shape index (κ3) is 4.52. The van der Waals surface area contributed by atoms with Crippen LogP contribution in [0.4, 0.5) is 10.1 Å². The largest absolute Gasteiger partial charge is 0.494 e. The van der Waals surface area contributed by atoms with E-state index in [4.69, 9.17) is 4.74 Å². The minimum Gasteiger partial charge on any atom is -0.494 e. The fraction of sp³-hybridized carbons (Fsp3) is 0.333. The Hall–Kier alpha value is -2.39. The molecule has 2 saturated heterocycles. The summed E-state index contributed by atoms with van der Waals surface area (Å²) in [6, 6.07) is 12.8. The number of halogens is 1. The van der Waals surface area contributed by atoms with Crippen LogP contribution in [0, 0.1) is 5.82 Å². The Morgan fingerprint density at radius 2 is 1.87 bits per heavy atom. The monoisotopic (exact) mass is 448 g/mol. The highest BCUT2D eigenvalue weighted by Gasteiger charge is 2.49. The van der Waals surface area contributed by atoms with E-state index in [1.807, 2.05) is 36.1 Å². The van der Waals surface area contributed by atoms with Crippen LogP contribution in [0.25, 0.3) is 0 Å². The molecule has 0 bridgehead atoms. The number of anilines is 1. The number of hydrogen-bond donors (Lipinski definition) is 0. The van der Waals surface area contributed by atoms with Gasteiger partial charge < -0.3 is 9.64 Å². The van der Waals surface area contributed by atoms with Gasteiger partial charge >= 0.3 is 0 Å². The van der Waals surface area contributed by atoms with Crippen molar-refractivity contribution in [2.75, 3.05) is 23.0 Å². The Labute approximate surface area is 179 Å². The Kier molecular flexibility index (Phi) is 5.84. The zero-order valence-corrected chi connectivity index (χ0v) is 18.0. The van der Waals surface area contributed by atoms with Gasteiger partial charge in [-0.2, -0.15) is 4.99 Å². The predicted octanol–water partition coefficient (Wildman–Crippen LogP) is 3.07. The van der Waals surface area contributed by atoms with E-state index >= 15 is 0 Å². The van der Waals surface area contributed by atoms with Gasteiger partial charge in [0.05, 0.1) is 30.6 Å². The molecule has 0 aliphatic carbocycles. The number of carbonyl (C=O) groups excluding carboxylic acids is 1. The molecule has 0 N–H and O–H groups in total. The second-order valence-electron chi connectivity index (χ2n) is 7.19. The number of thioether (sulfide) groups is 1. The molecule has 0 spiro atoms. The van der Waals surface area contributed by atoms with Crippen LogP contribution in [0.3, 0.4) is 0 Å². The lowest BCUT2D eigenvalue weighted by Crippen LogP contribution is -2.37. The minimum atomic E-state index is -3.13. The number of carbonyl (C=O) groups is 1. The van der Waals surface area contributed by atoms with Crippen LogP contribution < -0.4 is 9.64 Å². The third-order valence-electron chi connectivity index (χ3n) is 4.98. The lowest BCUT2D eigenvalue weighted by Gasteiger charge is -2.24. The fourth-order valence-electron chi connectivity index (χ4n) is 3.66. The number of amidine groups is 1. The maximum Gasteiger partial charge on any atom is 0.252 e. The maximum atomic E-state index is 13.1. The predicted molar refractivity (Wildman–Crippen MR) is 116 cm³/mol. The summed E-state index contributed by atoms with van der Waals surface area (Å²) in [6.45, 7) is 2.45. The summed E-state index contributed by atoms with van der Waals surface area (Å²) in [6.07, 6.45) is 0.0507. The lowest BCUT2D eigenvalue weighted by atomic mass is 10.1. The summed E-state index contributed by atoms with van der Waals surface area (Å²) >= 11 is 1.33. The maximum absolute atomic E-state index is 13.1. The van der Waals surface area contributed by atoms with Gasteiger partial charge in [0.2, 0.25) is 0 Å². The molecule has 2 aromatic rings. The van der Waals surface area contributed by atoms with E-state index in [9.17, 15) is 17.6 Å². The van der Waals surface area contributed by atoms with Crippen LogP contribution in [-0.2, 0) is 21.1 Å². The molecule has 2 aliphatic heterocycles. The first-order chi connectivity index (χ1) is 14.3. The van der Waals surface area contributed by atoms with Gasteiger partial charge in [-0.3, -0.25) is 4.79 Å². The van der Waals surface area contributed by atoms with Crippen molar-refractivity contribution in [2.45, 2.75) is 24.6 Å². The molecule has 0 radical (unpaired) electrons. The number of fused-ring (bicyclic) bond motifs is 1. The van der Waals surface area contributed by atoms with Crippen LogP contribution >= 0.6 is 11.8 Å². The average Bonchev–Trinajstić information content (AvgIpc) is 3.15. The van der Waals surface area contributed by atoms with Gasteiger partial charge in [0.25, 0.3) is 5.91 Å². The molecule has 4 rings (SSSR count). The van der Waals surface area contributed by atoms with Gasteiger partial charge in [-0.05, 0) is 48.9 Å². The lowest BCUT2D eigenvalue weighted by molar-refractivity contribution is -0.117. The van der Waals surface area contributed by atoms with Gasteiger partial charge in [0.1, 0.15) is 11.6 Å². The van der Waals surface area contributed by atoms with Crippen LogP contribution in [0.2, 0.25) is 0 Å². The normalized spacial score (nSPS) is 23.5. The van der Waals surface area contributed by atoms with E-state index in [1.54, 1.807) is 12.1 Å². The number of nitrogens with zero attached hydrogens (tertiary/aromatic N) is 2. The molecule has 2 aromatic carbocycles. The Morgan fingerprint density at radius 1 is 1.17 bits per heavy atom. The van der Waals surface area contributed by atoms with Crippen molar-refractivity contribution in [1.29, 1.82) is 0 Å². The molecule has 158 valence electrons. The first-order valence-corrected chi connectivity index (χ1v) is 12.3. The molecule has 2 unspecified atom stereocenters. The molecule has 0 aromatic heterocycles.